The van der Waals surface area contributed by atoms with Crippen molar-refractivity contribution in [3.8, 4) is 5.75 Å². The van der Waals surface area contributed by atoms with Crippen molar-refractivity contribution >= 4 is 21.4 Å². The number of sulfonamides is 1. The second-order valence-corrected chi connectivity index (χ2v) is 5.55. The zero-order valence-electron chi connectivity index (χ0n) is 10.2. The van der Waals surface area contributed by atoms with Crippen LogP contribution in [0.5, 0.6) is 5.75 Å². The van der Waals surface area contributed by atoms with E-state index in [0.29, 0.717) is 5.82 Å². The zero-order valence-corrected chi connectivity index (χ0v) is 11.0. The number of nitrogens with one attached hydrogen (secondary N) is 2. The van der Waals surface area contributed by atoms with E-state index in [4.69, 9.17) is 0 Å². The van der Waals surface area contributed by atoms with Crippen molar-refractivity contribution in [3.05, 3.63) is 40.3 Å². The van der Waals surface area contributed by atoms with Crippen molar-refractivity contribution in [1.82, 2.24) is 9.97 Å². The summed E-state index contributed by atoms with van der Waals surface area (Å²) in [6, 6.07) is 3.10. The Morgan fingerprint density at radius 3 is 2.70 bits per heavy atom. The maximum absolute atomic E-state index is 12.0. The van der Waals surface area contributed by atoms with E-state index in [-0.39, 0.29) is 16.5 Å². The van der Waals surface area contributed by atoms with Gasteiger partial charge < -0.3 is 10.1 Å². The minimum atomic E-state index is -4.02. The number of benzene rings is 1. The summed E-state index contributed by atoms with van der Waals surface area (Å²) in [6.45, 7) is 1.57. The van der Waals surface area contributed by atoms with Crippen LogP contribution < -0.4 is 4.72 Å². The number of anilines is 1. The first-order valence-corrected chi connectivity index (χ1v) is 6.80. The largest absolute Gasteiger partial charge is 0.508 e. The second-order valence-electron chi connectivity index (χ2n) is 3.90. The van der Waals surface area contributed by atoms with Crippen molar-refractivity contribution in [2.24, 2.45) is 0 Å². The molecule has 0 aliphatic heterocycles. The van der Waals surface area contributed by atoms with Gasteiger partial charge in [0.1, 0.15) is 17.3 Å². The number of hydrogen-bond acceptors (Lipinski definition) is 6. The van der Waals surface area contributed by atoms with Crippen molar-refractivity contribution in [1.29, 1.82) is 0 Å². The van der Waals surface area contributed by atoms with Crippen molar-refractivity contribution in [3.63, 3.8) is 0 Å². The number of aryl methyl sites for hydroxylation is 1. The molecule has 0 amide bonds. The summed E-state index contributed by atoms with van der Waals surface area (Å²) >= 11 is 0. The van der Waals surface area contributed by atoms with Gasteiger partial charge in [-0.05, 0) is 19.1 Å². The summed E-state index contributed by atoms with van der Waals surface area (Å²) in [4.78, 5) is 16.3. The molecule has 0 bridgehead atoms. The van der Waals surface area contributed by atoms with E-state index >= 15 is 0 Å². The molecule has 0 atom stereocenters. The molecule has 1 aromatic heterocycles. The van der Waals surface area contributed by atoms with Crippen molar-refractivity contribution in [2.75, 3.05) is 4.72 Å². The molecule has 10 heteroatoms. The Morgan fingerprint density at radius 1 is 1.45 bits per heavy atom. The number of imidazole rings is 1. The molecule has 20 heavy (non-hydrogen) atoms. The predicted molar refractivity (Wildman–Crippen MR) is 68.9 cm³/mol. The molecule has 0 radical (unpaired) electrons. The molecule has 1 aromatic carbocycles. The van der Waals surface area contributed by atoms with Gasteiger partial charge in [-0.25, -0.2) is 4.98 Å². The van der Waals surface area contributed by atoms with Crippen LogP contribution in [-0.2, 0) is 10.0 Å². The Bertz CT molecular complexity index is 768. The van der Waals surface area contributed by atoms with Crippen LogP contribution in [0.15, 0.2) is 29.4 Å². The Morgan fingerprint density at radius 2 is 2.15 bits per heavy atom. The molecule has 0 unspecified atom stereocenters. The van der Waals surface area contributed by atoms with Crippen LogP contribution in [0.4, 0.5) is 11.4 Å². The Hall–Kier alpha value is -2.62. The first kappa shape index (κ1) is 13.8. The lowest BCUT2D eigenvalue weighted by atomic mass is 10.2. The number of nitro benzene ring substituents is 1. The van der Waals surface area contributed by atoms with E-state index in [9.17, 15) is 23.6 Å². The molecule has 1 heterocycles. The molecule has 0 aliphatic carbocycles. The number of aromatic amines is 1. The monoisotopic (exact) mass is 298 g/mol. The third-order valence-electron chi connectivity index (χ3n) is 2.39. The third-order valence-corrected chi connectivity index (χ3v) is 3.67. The van der Waals surface area contributed by atoms with Gasteiger partial charge in [0.05, 0.1) is 17.2 Å². The van der Waals surface area contributed by atoms with Gasteiger partial charge in [-0.2, -0.15) is 8.42 Å². The number of aromatic nitrogens is 2. The molecular formula is C10H10N4O5S. The fourth-order valence-electron chi connectivity index (χ4n) is 1.49. The standard InChI is InChI=1S/C10H10N4O5S/c1-6-11-5-10(12-6)20(18,19)13-8-3-2-7(15)4-9(8)14(16)17/h2-5,13,15H,1H3,(H,11,12). The fourth-order valence-corrected chi connectivity index (χ4v) is 2.54. The molecule has 2 rings (SSSR count). The summed E-state index contributed by atoms with van der Waals surface area (Å²) in [5.74, 6) is 0.0580. The van der Waals surface area contributed by atoms with Crippen LogP contribution >= 0.6 is 0 Å². The van der Waals surface area contributed by atoms with Crippen LogP contribution in [0.25, 0.3) is 0 Å². The smallest absolute Gasteiger partial charge is 0.297 e. The van der Waals surface area contributed by atoms with E-state index in [1.54, 1.807) is 6.92 Å². The summed E-state index contributed by atoms with van der Waals surface area (Å²) in [5.41, 5.74) is -0.801. The molecule has 106 valence electrons. The lowest BCUT2D eigenvalue weighted by molar-refractivity contribution is -0.384. The molecule has 9 nitrogen and oxygen atoms in total. The average Bonchev–Trinajstić information content (AvgIpc) is 2.78. The van der Waals surface area contributed by atoms with Gasteiger partial charge in [-0.1, -0.05) is 0 Å². The highest BCUT2D eigenvalue weighted by Gasteiger charge is 2.22. The molecule has 0 fully saturated rings. The van der Waals surface area contributed by atoms with Crippen molar-refractivity contribution < 1.29 is 18.4 Å². The average molecular weight is 298 g/mol. The number of nitrogens with zero attached hydrogens (tertiary/aromatic N) is 2. The SMILES string of the molecule is Cc1ncc(S(=O)(=O)Nc2ccc(O)cc2[N+](=O)[O-])[nH]1. The molecule has 0 saturated heterocycles. The van der Waals surface area contributed by atoms with Gasteiger partial charge in [0.25, 0.3) is 15.7 Å². The molecule has 3 N–H and O–H groups in total. The Balaban J connectivity index is 2.42. The summed E-state index contributed by atoms with van der Waals surface area (Å²) in [7, 11) is -4.02. The predicted octanol–water partition coefficient (Wildman–Crippen LogP) is 1.13. The highest BCUT2D eigenvalue weighted by atomic mass is 32.2. The lowest BCUT2D eigenvalue weighted by Gasteiger charge is -2.07. The molecule has 0 spiro atoms. The van der Waals surface area contributed by atoms with Gasteiger partial charge in [0, 0.05) is 0 Å². The third kappa shape index (κ3) is 2.69. The highest BCUT2D eigenvalue weighted by Crippen LogP contribution is 2.29. The van der Waals surface area contributed by atoms with Gasteiger partial charge in [-0.3, -0.25) is 14.8 Å². The molecule has 2 aromatic rings. The Kier molecular flexibility index (Phi) is 3.32. The Labute approximate surface area is 113 Å². The number of phenols is 1. The first-order chi connectivity index (χ1) is 9.29. The molecule has 0 saturated carbocycles. The maximum Gasteiger partial charge on any atom is 0.297 e. The van der Waals surface area contributed by atoms with E-state index in [1.807, 2.05) is 0 Å². The van der Waals surface area contributed by atoms with E-state index < -0.39 is 20.6 Å². The number of hydrogen-bond donors (Lipinski definition) is 3. The molecule has 0 aliphatic rings. The first-order valence-electron chi connectivity index (χ1n) is 5.31. The summed E-state index contributed by atoms with van der Waals surface area (Å²) in [6.07, 6.45) is 1.10. The topological polar surface area (TPSA) is 138 Å². The van der Waals surface area contributed by atoms with E-state index in [2.05, 4.69) is 14.7 Å². The van der Waals surface area contributed by atoms with Crippen LogP contribution in [0.2, 0.25) is 0 Å². The number of rotatable bonds is 4. The number of H-pyrrole nitrogens is 1. The number of phenolic OH excluding ortho intramolecular Hbond substituents is 1. The van der Waals surface area contributed by atoms with Gasteiger partial charge in [0.2, 0.25) is 0 Å². The van der Waals surface area contributed by atoms with Crippen LogP contribution in [-0.4, -0.2) is 28.4 Å². The second kappa shape index (κ2) is 4.81. The number of nitro groups is 1. The minimum absolute atomic E-state index is 0.211. The van der Waals surface area contributed by atoms with Crippen LogP contribution in [0.3, 0.4) is 0 Å². The van der Waals surface area contributed by atoms with E-state index in [1.165, 1.54) is 0 Å². The lowest BCUT2D eigenvalue weighted by Crippen LogP contribution is -2.14. The van der Waals surface area contributed by atoms with Gasteiger partial charge in [0.15, 0.2) is 5.03 Å². The normalized spacial score (nSPS) is 11.2. The number of aromatic hydroxyl groups is 1. The highest BCUT2D eigenvalue weighted by molar-refractivity contribution is 7.92. The van der Waals surface area contributed by atoms with Gasteiger partial charge >= 0.3 is 0 Å². The summed E-state index contributed by atoms with van der Waals surface area (Å²) in [5, 5.41) is 19.8. The van der Waals surface area contributed by atoms with Crippen molar-refractivity contribution in [2.45, 2.75) is 11.9 Å². The summed E-state index contributed by atoms with van der Waals surface area (Å²) < 4.78 is 26.1. The molecular weight excluding hydrogens is 288 g/mol. The van der Waals surface area contributed by atoms with Crippen LogP contribution in [0.1, 0.15) is 5.82 Å². The quantitative estimate of drug-likeness (QED) is 0.439. The maximum atomic E-state index is 12.0. The van der Waals surface area contributed by atoms with Gasteiger partial charge in [-0.15, -0.1) is 0 Å². The fraction of sp³-hybridized carbons (Fsp3) is 0.100. The minimum Gasteiger partial charge on any atom is -0.508 e. The zero-order chi connectivity index (χ0) is 14.9. The van der Waals surface area contributed by atoms with Crippen LogP contribution in [0, 0.1) is 17.0 Å². The van der Waals surface area contributed by atoms with E-state index in [0.717, 1.165) is 24.4 Å².